The molecule has 0 aliphatic carbocycles. The number of benzene rings is 1. The highest BCUT2D eigenvalue weighted by molar-refractivity contribution is 5.78. The van der Waals surface area contributed by atoms with Gasteiger partial charge < -0.3 is 20.8 Å². The number of hydrogen-bond acceptors (Lipinski definition) is 7. The number of aromatic hydroxyl groups is 1. The molecule has 8 heteroatoms. The number of nitrogens with zero attached hydrogens (tertiary/aromatic N) is 4. The molecule has 0 atom stereocenters. The Morgan fingerprint density at radius 1 is 1.15 bits per heavy atom. The number of nitrogens with two attached hydrogens (primary N) is 1. The number of para-hydroxylation sites is 1. The monoisotopic (exact) mass is 357 g/mol. The van der Waals surface area contributed by atoms with Crippen molar-refractivity contribution in [1.82, 2.24) is 15.1 Å². The van der Waals surface area contributed by atoms with Crippen molar-refractivity contribution in [1.29, 1.82) is 0 Å². The highest BCUT2D eigenvalue weighted by atomic mass is 16.4. The van der Waals surface area contributed by atoms with Gasteiger partial charge in [0.15, 0.2) is 5.82 Å². The summed E-state index contributed by atoms with van der Waals surface area (Å²) in [7, 11) is 0. The quantitative estimate of drug-likeness (QED) is 0.752. The molecule has 0 unspecified atom stereocenters. The van der Waals surface area contributed by atoms with Gasteiger partial charge in [0.05, 0.1) is 11.4 Å². The summed E-state index contributed by atoms with van der Waals surface area (Å²) in [6.45, 7) is 5.90. The fraction of sp³-hybridized carbons (Fsp3) is 0.389. The van der Waals surface area contributed by atoms with Crippen molar-refractivity contribution in [2.75, 3.05) is 36.8 Å². The number of carbonyl (C=O) groups is 1. The Hall–Kier alpha value is -2.87. The molecule has 8 nitrogen and oxygen atoms in total. The molecule has 0 radical (unpaired) electrons. The van der Waals surface area contributed by atoms with Gasteiger partial charge in [0.25, 0.3) is 0 Å². The zero-order valence-corrected chi connectivity index (χ0v) is 14.9. The van der Waals surface area contributed by atoms with Crippen LogP contribution in [0.15, 0.2) is 30.3 Å². The summed E-state index contributed by atoms with van der Waals surface area (Å²) in [6.07, 6.45) is 0. The lowest BCUT2D eigenvalue weighted by Crippen LogP contribution is -2.58. The van der Waals surface area contributed by atoms with Crippen molar-refractivity contribution in [3.63, 3.8) is 0 Å². The van der Waals surface area contributed by atoms with Crippen LogP contribution in [0.4, 0.5) is 11.5 Å². The van der Waals surface area contributed by atoms with Gasteiger partial charge in [0, 0.05) is 31.7 Å². The second kappa shape index (κ2) is 6.80. The lowest BCUT2D eigenvalue weighted by Gasteiger charge is -2.42. The SMILES string of the molecule is CC(C)(C(=O)O)N1CCN(c2cc(-c3ccccc3O)nnc2N)CC1. The number of carboxylic acids is 1. The summed E-state index contributed by atoms with van der Waals surface area (Å²) in [5.41, 5.74) is 6.99. The van der Waals surface area contributed by atoms with E-state index in [0.717, 1.165) is 5.69 Å². The van der Waals surface area contributed by atoms with E-state index in [0.29, 0.717) is 43.3 Å². The molecule has 1 aliphatic heterocycles. The second-order valence-corrected chi connectivity index (χ2v) is 6.86. The molecule has 1 saturated heterocycles. The summed E-state index contributed by atoms with van der Waals surface area (Å²) in [5.74, 6) is -0.390. The smallest absolute Gasteiger partial charge is 0.323 e. The first-order valence-corrected chi connectivity index (χ1v) is 8.45. The van der Waals surface area contributed by atoms with Crippen molar-refractivity contribution in [2.24, 2.45) is 0 Å². The number of aliphatic carboxylic acids is 1. The zero-order chi connectivity index (χ0) is 18.9. The standard InChI is InChI=1S/C18H23N5O3/c1-18(2,17(25)26)23-9-7-22(8-10-23)14-11-13(20-21-16(14)19)12-5-3-4-6-15(12)24/h3-6,11,24H,7-10H2,1-2H3,(H2,19,21)(H,25,26). The number of hydrogen-bond donors (Lipinski definition) is 3. The van der Waals surface area contributed by atoms with Crippen LogP contribution in [0, 0.1) is 0 Å². The van der Waals surface area contributed by atoms with Crippen molar-refractivity contribution in [2.45, 2.75) is 19.4 Å². The molecule has 26 heavy (non-hydrogen) atoms. The number of nitrogen functional groups attached to an aromatic ring is 1. The van der Waals surface area contributed by atoms with Gasteiger partial charge in [-0.3, -0.25) is 9.69 Å². The van der Waals surface area contributed by atoms with Crippen LogP contribution in [0.2, 0.25) is 0 Å². The van der Waals surface area contributed by atoms with Crippen LogP contribution in [0.1, 0.15) is 13.8 Å². The third kappa shape index (κ3) is 3.28. The van der Waals surface area contributed by atoms with Crippen LogP contribution in [0.5, 0.6) is 5.75 Å². The van der Waals surface area contributed by atoms with E-state index in [1.165, 1.54) is 0 Å². The van der Waals surface area contributed by atoms with Gasteiger partial charge in [-0.1, -0.05) is 12.1 Å². The molecule has 1 aromatic carbocycles. The predicted molar refractivity (Wildman–Crippen MR) is 99.0 cm³/mol. The number of anilines is 2. The van der Waals surface area contributed by atoms with Gasteiger partial charge in [0.1, 0.15) is 11.3 Å². The average molecular weight is 357 g/mol. The van der Waals surface area contributed by atoms with Crippen molar-refractivity contribution in [3.05, 3.63) is 30.3 Å². The van der Waals surface area contributed by atoms with Crippen molar-refractivity contribution >= 4 is 17.5 Å². The average Bonchev–Trinajstić information content (AvgIpc) is 2.63. The van der Waals surface area contributed by atoms with E-state index in [-0.39, 0.29) is 5.75 Å². The minimum Gasteiger partial charge on any atom is -0.507 e. The van der Waals surface area contributed by atoms with Crippen LogP contribution in [-0.4, -0.2) is 63.0 Å². The molecule has 1 fully saturated rings. The van der Waals surface area contributed by atoms with Gasteiger partial charge in [-0.15, -0.1) is 10.2 Å². The Labute approximate surface area is 151 Å². The van der Waals surface area contributed by atoms with E-state index in [1.807, 2.05) is 17.0 Å². The van der Waals surface area contributed by atoms with Crippen LogP contribution in [0.3, 0.4) is 0 Å². The van der Waals surface area contributed by atoms with E-state index in [2.05, 4.69) is 15.1 Å². The summed E-state index contributed by atoms with van der Waals surface area (Å²) in [6, 6.07) is 8.75. The Balaban J connectivity index is 1.82. The fourth-order valence-electron chi connectivity index (χ4n) is 3.11. The minimum absolute atomic E-state index is 0.130. The topological polar surface area (TPSA) is 116 Å². The molecule has 0 bridgehead atoms. The summed E-state index contributed by atoms with van der Waals surface area (Å²) in [5, 5.41) is 27.6. The molecule has 0 amide bonds. The Kier molecular flexibility index (Phi) is 4.69. The predicted octanol–water partition coefficient (Wildman–Crippen LogP) is 1.42. The summed E-state index contributed by atoms with van der Waals surface area (Å²) < 4.78 is 0. The largest absolute Gasteiger partial charge is 0.507 e. The summed E-state index contributed by atoms with van der Waals surface area (Å²) in [4.78, 5) is 15.5. The maximum atomic E-state index is 11.4. The third-order valence-electron chi connectivity index (χ3n) is 4.92. The molecule has 0 saturated carbocycles. The highest BCUT2D eigenvalue weighted by Crippen LogP contribution is 2.32. The third-order valence-corrected chi connectivity index (χ3v) is 4.92. The van der Waals surface area contributed by atoms with E-state index in [9.17, 15) is 15.0 Å². The number of aromatic nitrogens is 2. The van der Waals surface area contributed by atoms with Crippen LogP contribution in [-0.2, 0) is 4.79 Å². The Bertz CT molecular complexity index is 816. The molecule has 4 N–H and O–H groups in total. The van der Waals surface area contributed by atoms with Gasteiger partial charge in [-0.05, 0) is 32.0 Å². The van der Waals surface area contributed by atoms with E-state index in [1.54, 1.807) is 32.0 Å². The van der Waals surface area contributed by atoms with Gasteiger partial charge in [-0.2, -0.15) is 0 Å². The molecular weight excluding hydrogens is 334 g/mol. The minimum atomic E-state index is -0.908. The summed E-state index contributed by atoms with van der Waals surface area (Å²) >= 11 is 0. The lowest BCUT2D eigenvalue weighted by molar-refractivity contribution is -0.149. The number of piperazine rings is 1. The molecular formula is C18H23N5O3. The van der Waals surface area contributed by atoms with E-state index < -0.39 is 11.5 Å². The molecule has 1 aliphatic rings. The molecule has 138 valence electrons. The van der Waals surface area contributed by atoms with Gasteiger partial charge in [-0.25, -0.2) is 0 Å². The highest BCUT2D eigenvalue weighted by Gasteiger charge is 2.36. The second-order valence-electron chi connectivity index (χ2n) is 6.86. The van der Waals surface area contributed by atoms with Crippen molar-refractivity contribution < 1.29 is 15.0 Å². The van der Waals surface area contributed by atoms with E-state index >= 15 is 0 Å². The number of phenols is 1. The van der Waals surface area contributed by atoms with E-state index in [4.69, 9.17) is 5.73 Å². The maximum absolute atomic E-state index is 11.4. The molecule has 2 heterocycles. The van der Waals surface area contributed by atoms with Crippen LogP contribution in [0.25, 0.3) is 11.3 Å². The number of phenolic OH excluding ortho intramolecular Hbond substituents is 1. The molecule has 1 aromatic heterocycles. The van der Waals surface area contributed by atoms with Gasteiger partial charge >= 0.3 is 5.97 Å². The molecule has 0 spiro atoms. The van der Waals surface area contributed by atoms with Crippen molar-refractivity contribution in [3.8, 4) is 17.0 Å². The normalized spacial score (nSPS) is 15.8. The Morgan fingerprint density at radius 2 is 1.81 bits per heavy atom. The first-order chi connectivity index (χ1) is 12.3. The molecule has 2 aromatic rings. The lowest BCUT2D eigenvalue weighted by atomic mass is 10.0. The maximum Gasteiger partial charge on any atom is 0.323 e. The number of carboxylic acid groups (broad SMARTS) is 1. The Morgan fingerprint density at radius 3 is 2.42 bits per heavy atom. The van der Waals surface area contributed by atoms with Crippen LogP contribution >= 0.6 is 0 Å². The van der Waals surface area contributed by atoms with Gasteiger partial charge in [0.2, 0.25) is 0 Å². The van der Waals surface area contributed by atoms with Crippen LogP contribution < -0.4 is 10.6 Å². The zero-order valence-electron chi connectivity index (χ0n) is 14.9. The first kappa shape index (κ1) is 17.9. The fourth-order valence-corrected chi connectivity index (χ4v) is 3.11. The number of rotatable bonds is 4. The first-order valence-electron chi connectivity index (χ1n) is 8.45. The molecule has 3 rings (SSSR count).